The van der Waals surface area contributed by atoms with E-state index in [0.717, 1.165) is 48.9 Å². The highest BCUT2D eigenvalue weighted by molar-refractivity contribution is 5.58. The SMILES string of the molecule is COc1ccccc1N1CC[NH+](C[C@H](O)COc2ccc(C)cc2C)CC1. The van der Waals surface area contributed by atoms with Gasteiger partial charge in [0.1, 0.15) is 30.8 Å². The van der Waals surface area contributed by atoms with Crippen LogP contribution < -0.4 is 19.3 Å². The molecule has 0 unspecified atom stereocenters. The minimum atomic E-state index is -0.460. The number of rotatable bonds is 7. The Morgan fingerprint density at radius 3 is 2.52 bits per heavy atom. The minimum Gasteiger partial charge on any atom is -0.495 e. The number of nitrogens with zero attached hydrogens (tertiary/aromatic N) is 1. The number of methoxy groups -OCH3 is 1. The Morgan fingerprint density at radius 1 is 1.07 bits per heavy atom. The summed E-state index contributed by atoms with van der Waals surface area (Å²) in [5.74, 6) is 1.78. The fraction of sp³-hybridized carbons (Fsp3) is 0.455. The number of benzene rings is 2. The number of nitrogens with one attached hydrogen (secondary N) is 1. The number of para-hydroxylation sites is 2. The number of hydrogen-bond acceptors (Lipinski definition) is 4. The van der Waals surface area contributed by atoms with E-state index in [1.807, 2.05) is 37.3 Å². The van der Waals surface area contributed by atoms with Crippen LogP contribution in [-0.4, -0.2) is 57.7 Å². The van der Waals surface area contributed by atoms with Crippen LogP contribution in [0, 0.1) is 13.8 Å². The molecule has 1 fully saturated rings. The Morgan fingerprint density at radius 2 is 1.81 bits per heavy atom. The Balaban J connectivity index is 1.46. The van der Waals surface area contributed by atoms with Crippen molar-refractivity contribution in [3.05, 3.63) is 53.6 Å². The zero-order valence-corrected chi connectivity index (χ0v) is 16.6. The van der Waals surface area contributed by atoms with Gasteiger partial charge in [-0.15, -0.1) is 0 Å². The summed E-state index contributed by atoms with van der Waals surface area (Å²) in [5.41, 5.74) is 3.48. The van der Waals surface area contributed by atoms with Gasteiger partial charge in [0.2, 0.25) is 0 Å². The summed E-state index contributed by atoms with van der Waals surface area (Å²) in [6.45, 7) is 9.07. The second-order valence-electron chi connectivity index (χ2n) is 7.35. The van der Waals surface area contributed by atoms with Crippen LogP contribution >= 0.6 is 0 Å². The summed E-state index contributed by atoms with van der Waals surface area (Å²) in [7, 11) is 1.71. The molecule has 0 saturated carbocycles. The van der Waals surface area contributed by atoms with Crippen molar-refractivity contribution in [1.29, 1.82) is 0 Å². The number of aryl methyl sites for hydroxylation is 2. The van der Waals surface area contributed by atoms with Gasteiger partial charge in [-0.3, -0.25) is 0 Å². The summed E-state index contributed by atoms with van der Waals surface area (Å²) in [4.78, 5) is 3.78. The van der Waals surface area contributed by atoms with Gasteiger partial charge in [-0.05, 0) is 37.6 Å². The Hall–Kier alpha value is -2.24. The van der Waals surface area contributed by atoms with Crippen molar-refractivity contribution < 1.29 is 19.5 Å². The highest BCUT2D eigenvalue weighted by Crippen LogP contribution is 2.27. The Labute approximate surface area is 162 Å². The molecule has 2 N–H and O–H groups in total. The molecule has 27 heavy (non-hydrogen) atoms. The average molecular weight is 372 g/mol. The molecule has 0 amide bonds. The molecular formula is C22H31N2O3+. The predicted molar refractivity (Wildman–Crippen MR) is 108 cm³/mol. The fourth-order valence-electron chi connectivity index (χ4n) is 3.70. The van der Waals surface area contributed by atoms with Gasteiger partial charge >= 0.3 is 0 Å². The lowest BCUT2D eigenvalue weighted by Gasteiger charge is -2.35. The first-order chi connectivity index (χ1) is 13.1. The van der Waals surface area contributed by atoms with Crippen LogP contribution in [0.5, 0.6) is 11.5 Å². The second kappa shape index (κ2) is 9.11. The van der Waals surface area contributed by atoms with Crippen LogP contribution in [-0.2, 0) is 0 Å². The van der Waals surface area contributed by atoms with Crippen molar-refractivity contribution in [2.75, 3.05) is 51.3 Å². The van der Waals surface area contributed by atoms with Crippen LogP contribution in [0.3, 0.4) is 0 Å². The van der Waals surface area contributed by atoms with Crippen molar-refractivity contribution in [2.24, 2.45) is 0 Å². The van der Waals surface area contributed by atoms with E-state index in [2.05, 4.69) is 24.0 Å². The van der Waals surface area contributed by atoms with Crippen molar-refractivity contribution in [1.82, 2.24) is 0 Å². The lowest BCUT2D eigenvalue weighted by molar-refractivity contribution is -0.903. The summed E-state index contributed by atoms with van der Waals surface area (Å²) in [6, 6.07) is 14.3. The highest BCUT2D eigenvalue weighted by Gasteiger charge is 2.24. The Kier molecular flexibility index (Phi) is 6.58. The molecule has 0 bridgehead atoms. The number of aliphatic hydroxyl groups excluding tert-OH is 1. The van der Waals surface area contributed by atoms with Crippen LogP contribution in [0.15, 0.2) is 42.5 Å². The number of piperazine rings is 1. The van der Waals surface area contributed by atoms with E-state index in [1.54, 1.807) is 7.11 Å². The second-order valence-corrected chi connectivity index (χ2v) is 7.35. The molecule has 1 saturated heterocycles. The van der Waals surface area contributed by atoms with Gasteiger partial charge in [0.15, 0.2) is 0 Å². The molecule has 2 aromatic rings. The molecule has 0 radical (unpaired) electrons. The third-order valence-electron chi connectivity index (χ3n) is 5.18. The predicted octanol–water partition coefficient (Wildman–Crippen LogP) is 1.46. The molecule has 3 rings (SSSR count). The highest BCUT2D eigenvalue weighted by atomic mass is 16.5. The van der Waals surface area contributed by atoms with Crippen LogP contribution in [0.4, 0.5) is 5.69 Å². The molecule has 146 valence electrons. The first-order valence-corrected chi connectivity index (χ1v) is 9.66. The zero-order valence-electron chi connectivity index (χ0n) is 16.6. The first-order valence-electron chi connectivity index (χ1n) is 9.66. The number of anilines is 1. The minimum absolute atomic E-state index is 0.337. The van der Waals surface area contributed by atoms with Gasteiger partial charge in [-0.2, -0.15) is 0 Å². The standard InChI is InChI=1S/C22H30N2O3/c1-17-8-9-21(18(2)14-17)27-16-19(25)15-23-10-12-24(13-11-23)20-6-4-5-7-22(20)26-3/h4-9,14,19,25H,10-13,15-16H2,1-3H3/p+1/t19-/m0/s1. The molecule has 5 nitrogen and oxygen atoms in total. The molecule has 2 aromatic carbocycles. The van der Waals surface area contributed by atoms with Crippen LogP contribution in [0.1, 0.15) is 11.1 Å². The van der Waals surface area contributed by atoms with Gasteiger partial charge in [-0.25, -0.2) is 0 Å². The summed E-state index contributed by atoms with van der Waals surface area (Å²) < 4.78 is 11.3. The number of aliphatic hydroxyl groups is 1. The third-order valence-corrected chi connectivity index (χ3v) is 5.18. The van der Waals surface area contributed by atoms with E-state index >= 15 is 0 Å². The average Bonchev–Trinajstić information content (AvgIpc) is 2.68. The topological polar surface area (TPSA) is 46.4 Å². The maximum atomic E-state index is 10.4. The van der Waals surface area contributed by atoms with E-state index in [9.17, 15) is 5.11 Å². The monoisotopic (exact) mass is 371 g/mol. The molecular weight excluding hydrogens is 340 g/mol. The number of ether oxygens (including phenoxy) is 2. The summed E-state index contributed by atoms with van der Waals surface area (Å²) >= 11 is 0. The maximum Gasteiger partial charge on any atom is 0.142 e. The normalized spacial score (nSPS) is 16.2. The van der Waals surface area contributed by atoms with E-state index in [4.69, 9.17) is 9.47 Å². The van der Waals surface area contributed by atoms with Crippen LogP contribution in [0.25, 0.3) is 0 Å². The molecule has 1 aliphatic heterocycles. The lowest BCUT2D eigenvalue weighted by atomic mass is 10.1. The number of hydrogen-bond donors (Lipinski definition) is 2. The third kappa shape index (κ3) is 5.15. The fourth-order valence-corrected chi connectivity index (χ4v) is 3.70. The summed E-state index contributed by atoms with van der Waals surface area (Å²) in [6.07, 6.45) is -0.460. The lowest BCUT2D eigenvalue weighted by Crippen LogP contribution is -3.16. The van der Waals surface area contributed by atoms with E-state index in [0.29, 0.717) is 13.2 Å². The van der Waals surface area contributed by atoms with Gasteiger partial charge < -0.3 is 24.4 Å². The van der Waals surface area contributed by atoms with Crippen molar-refractivity contribution >= 4 is 5.69 Å². The molecule has 1 heterocycles. The molecule has 0 spiro atoms. The maximum absolute atomic E-state index is 10.4. The van der Waals surface area contributed by atoms with E-state index < -0.39 is 6.10 Å². The van der Waals surface area contributed by atoms with Gasteiger partial charge in [0.05, 0.1) is 39.0 Å². The van der Waals surface area contributed by atoms with Crippen molar-refractivity contribution in [2.45, 2.75) is 20.0 Å². The van der Waals surface area contributed by atoms with Gasteiger partial charge in [-0.1, -0.05) is 29.8 Å². The molecule has 0 aromatic heterocycles. The Bertz CT molecular complexity index is 742. The van der Waals surface area contributed by atoms with E-state index in [1.165, 1.54) is 10.5 Å². The number of quaternary nitrogens is 1. The van der Waals surface area contributed by atoms with Gasteiger partial charge in [0, 0.05) is 0 Å². The largest absolute Gasteiger partial charge is 0.495 e. The molecule has 1 atom stereocenters. The quantitative estimate of drug-likeness (QED) is 0.774. The zero-order chi connectivity index (χ0) is 19.2. The molecule has 5 heteroatoms. The molecule has 1 aliphatic rings. The van der Waals surface area contributed by atoms with E-state index in [-0.39, 0.29) is 0 Å². The van der Waals surface area contributed by atoms with Crippen LogP contribution in [0.2, 0.25) is 0 Å². The smallest absolute Gasteiger partial charge is 0.142 e. The summed E-state index contributed by atoms with van der Waals surface area (Å²) in [5, 5.41) is 10.4. The van der Waals surface area contributed by atoms with Crippen molar-refractivity contribution in [3.8, 4) is 11.5 Å². The first kappa shape index (κ1) is 19.5. The van der Waals surface area contributed by atoms with Gasteiger partial charge in [0.25, 0.3) is 0 Å². The molecule has 0 aliphatic carbocycles. The van der Waals surface area contributed by atoms with Crippen molar-refractivity contribution in [3.63, 3.8) is 0 Å².